The standard InChI is InChI=1S/C17H25N3O3/c1-11(2)23-14-8-6-13(7-9-14)5-4-12(3)19-16(21)15-10-18-17(22)20-15/h6-9,11-12,15H,4-5,10H2,1-3H3,(H,19,21)(H2,18,20,22)/t12-,15-/m0/s1. The maximum atomic E-state index is 12.0. The van der Waals surface area contributed by atoms with Gasteiger partial charge in [-0.3, -0.25) is 4.79 Å². The lowest BCUT2D eigenvalue weighted by Crippen LogP contribution is -2.46. The van der Waals surface area contributed by atoms with E-state index in [9.17, 15) is 9.59 Å². The van der Waals surface area contributed by atoms with E-state index in [0.717, 1.165) is 18.6 Å². The number of hydrogen-bond donors (Lipinski definition) is 3. The molecular formula is C17H25N3O3. The van der Waals surface area contributed by atoms with E-state index in [1.165, 1.54) is 5.56 Å². The Morgan fingerprint density at radius 2 is 2.00 bits per heavy atom. The van der Waals surface area contributed by atoms with Gasteiger partial charge in [0.1, 0.15) is 11.8 Å². The van der Waals surface area contributed by atoms with Crippen LogP contribution in [-0.2, 0) is 11.2 Å². The number of ether oxygens (including phenoxy) is 1. The van der Waals surface area contributed by atoms with Crippen molar-refractivity contribution in [3.05, 3.63) is 29.8 Å². The van der Waals surface area contributed by atoms with Crippen LogP contribution in [0.1, 0.15) is 32.8 Å². The normalized spacial score (nSPS) is 18.3. The first-order chi connectivity index (χ1) is 10.9. The van der Waals surface area contributed by atoms with Crippen molar-refractivity contribution in [2.24, 2.45) is 0 Å². The Morgan fingerprint density at radius 1 is 1.30 bits per heavy atom. The minimum absolute atomic E-state index is 0.0478. The average Bonchev–Trinajstić information content (AvgIpc) is 2.93. The van der Waals surface area contributed by atoms with Gasteiger partial charge in [0, 0.05) is 12.6 Å². The van der Waals surface area contributed by atoms with Crippen molar-refractivity contribution in [1.82, 2.24) is 16.0 Å². The number of nitrogens with one attached hydrogen (secondary N) is 3. The Morgan fingerprint density at radius 3 is 2.57 bits per heavy atom. The number of hydrogen-bond acceptors (Lipinski definition) is 3. The lowest BCUT2D eigenvalue weighted by Gasteiger charge is -2.16. The van der Waals surface area contributed by atoms with E-state index in [2.05, 4.69) is 16.0 Å². The van der Waals surface area contributed by atoms with Gasteiger partial charge in [-0.2, -0.15) is 0 Å². The first-order valence-corrected chi connectivity index (χ1v) is 8.04. The van der Waals surface area contributed by atoms with Crippen molar-refractivity contribution in [2.45, 2.75) is 51.8 Å². The summed E-state index contributed by atoms with van der Waals surface area (Å²) in [6, 6.07) is 7.32. The zero-order valence-electron chi connectivity index (χ0n) is 13.9. The largest absolute Gasteiger partial charge is 0.491 e. The summed E-state index contributed by atoms with van der Waals surface area (Å²) in [6.45, 7) is 6.31. The van der Waals surface area contributed by atoms with Gasteiger partial charge in [-0.05, 0) is 51.3 Å². The molecule has 0 spiro atoms. The molecule has 1 aliphatic rings. The van der Waals surface area contributed by atoms with Gasteiger partial charge in [0.15, 0.2) is 0 Å². The van der Waals surface area contributed by atoms with Crippen LogP contribution < -0.4 is 20.7 Å². The zero-order valence-corrected chi connectivity index (χ0v) is 13.9. The summed E-state index contributed by atoms with van der Waals surface area (Å²) in [5.41, 5.74) is 1.21. The van der Waals surface area contributed by atoms with E-state index >= 15 is 0 Å². The lowest BCUT2D eigenvalue weighted by molar-refractivity contribution is -0.123. The van der Waals surface area contributed by atoms with E-state index in [1.807, 2.05) is 45.0 Å². The van der Waals surface area contributed by atoms with Gasteiger partial charge < -0.3 is 20.7 Å². The summed E-state index contributed by atoms with van der Waals surface area (Å²) in [6.07, 6.45) is 1.88. The van der Waals surface area contributed by atoms with Crippen LogP contribution in [0.2, 0.25) is 0 Å². The fraction of sp³-hybridized carbons (Fsp3) is 0.529. The molecule has 1 aromatic rings. The third kappa shape index (κ3) is 5.47. The molecule has 3 N–H and O–H groups in total. The predicted octanol–water partition coefficient (Wildman–Crippen LogP) is 1.59. The Bertz CT molecular complexity index is 543. The van der Waals surface area contributed by atoms with Gasteiger partial charge in [0.2, 0.25) is 5.91 Å². The number of benzene rings is 1. The summed E-state index contributed by atoms with van der Waals surface area (Å²) in [4.78, 5) is 23.0. The van der Waals surface area contributed by atoms with E-state index in [1.54, 1.807) is 0 Å². The highest BCUT2D eigenvalue weighted by Crippen LogP contribution is 2.15. The molecule has 0 bridgehead atoms. The number of aryl methyl sites for hydroxylation is 1. The number of rotatable bonds is 7. The first-order valence-electron chi connectivity index (χ1n) is 8.04. The summed E-state index contributed by atoms with van der Waals surface area (Å²) in [7, 11) is 0. The first kappa shape index (κ1) is 17.1. The molecule has 2 rings (SSSR count). The summed E-state index contributed by atoms with van der Waals surface area (Å²) < 4.78 is 5.62. The highest BCUT2D eigenvalue weighted by Gasteiger charge is 2.27. The molecule has 0 saturated carbocycles. The minimum atomic E-state index is -0.475. The second-order valence-corrected chi connectivity index (χ2v) is 6.17. The molecular weight excluding hydrogens is 294 g/mol. The van der Waals surface area contributed by atoms with Crippen molar-refractivity contribution in [2.75, 3.05) is 6.54 Å². The van der Waals surface area contributed by atoms with Gasteiger partial charge in [-0.15, -0.1) is 0 Å². The Hall–Kier alpha value is -2.24. The highest BCUT2D eigenvalue weighted by molar-refractivity contribution is 5.90. The minimum Gasteiger partial charge on any atom is -0.491 e. The molecule has 1 fully saturated rings. The average molecular weight is 319 g/mol. The predicted molar refractivity (Wildman–Crippen MR) is 88.5 cm³/mol. The molecule has 1 heterocycles. The van der Waals surface area contributed by atoms with Crippen molar-refractivity contribution < 1.29 is 14.3 Å². The van der Waals surface area contributed by atoms with Crippen molar-refractivity contribution >= 4 is 11.9 Å². The maximum absolute atomic E-state index is 12.0. The maximum Gasteiger partial charge on any atom is 0.315 e. The summed E-state index contributed by atoms with van der Waals surface area (Å²) in [5, 5.41) is 8.09. The van der Waals surface area contributed by atoms with E-state index in [4.69, 9.17) is 4.74 Å². The van der Waals surface area contributed by atoms with Gasteiger partial charge in [-0.1, -0.05) is 12.1 Å². The molecule has 6 heteroatoms. The topological polar surface area (TPSA) is 79.5 Å². The van der Waals surface area contributed by atoms with Gasteiger partial charge in [-0.25, -0.2) is 4.79 Å². The van der Waals surface area contributed by atoms with Crippen molar-refractivity contribution in [3.63, 3.8) is 0 Å². The second kappa shape index (κ2) is 7.85. The number of amides is 3. The van der Waals surface area contributed by atoms with Gasteiger partial charge in [0.05, 0.1) is 6.10 Å². The molecule has 3 amide bonds. The third-order valence-corrected chi connectivity index (χ3v) is 3.64. The van der Waals surface area contributed by atoms with Crippen LogP contribution in [0.5, 0.6) is 5.75 Å². The van der Waals surface area contributed by atoms with E-state index < -0.39 is 6.04 Å². The van der Waals surface area contributed by atoms with E-state index in [-0.39, 0.29) is 24.1 Å². The van der Waals surface area contributed by atoms with Gasteiger partial charge in [0.25, 0.3) is 0 Å². The summed E-state index contributed by atoms with van der Waals surface area (Å²) in [5.74, 6) is 0.728. The van der Waals surface area contributed by atoms with Crippen LogP contribution in [0.4, 0.5) is 4.79 Å². The molecule has 0 aromatic heterocycles. The van der Waals surface area contributed by atoms with Crippen molar-refractivity contribution in [3.8, 4) is 5.75 Å². The Kier molecular flexibility index (Phi) is 5.84. The van der Waals surface area contributed by atoms with Crippen LogP contribution in [-0.4, -0.2) is 36.7 Å². The van der Waals surface area contributed by atoms with Crippen molar-refractivity contribution in [1.29, 1.82) is 0 Å². The summed E-state index contributed by atoms with van der Waals surface area (Å²) >= 11 is 0. The van der Waals surface area contributed by atoms with E-state index in [0.29, 0.717) is 6.54 Å². The Labute approximate surface area is 137 Å². The lowest BCUT2D eigenvalue weighted by atomic mass is 10.1. The van der Waals surface area contributed by atoms with Crippen LogP contribution in [0.25, 0.3) is 0 Å². The molecule has 1 saturated heterocycles. The third-order valence-electron chi connectivity index (χ3n) is 3.64. The quantitative estimate of drug-likeness (QED) is 0.714. The molecule has 6 nitrogen and oxygen atoms in total. The molecule has 1 aliphatic heterocycles. The molecule has 126 valence electrons. The molecule has 1 aromatic carbocycles. The number of carbonyl (C=O) groups excluding carboxylic acids is 2. The second-order valence-electron chi connectivity index (χ2n) is 6.17. The fourth-order valence-electron chi connectivity index (χ4n) is 2.42. The Balaban J connectivity index is 1.74. The van der Waals surface area contributed by atoms with Crippen LogP contribution in [0.15, 0.2) is 24.3 Å². The molecule has 0 aliphatic carbocycles. The number of urea groups is 1. The van der Waals surface area contributed by atoms with Crippen LogP contribution in [0, 0.1) is 0 Å². The zero-order chi connectivity index (χ0) is 16.8. The van der Waals surface area contributed by atoms with Gasteiger partial charge >= 0.3 is 6.03 Å². The van der Waals surface area contributed by atoms with Crippen LogP contribution in [0.3, 0.4) is 0 Å². The fourth-order valence-corrected chi connectivity index (χ4v) is 2.42. The molecule has 0 radical (unpaired) electrons. The van der Waals surface area contributed by atoms with Crippen LogP contribution >= 0.6 is 0 Å². The SMILES string of the molecule is CC(C)Oc1ccc(CC[C@H](C)NC(=O)[C@@H]2CNC(=O)N2)cc1. The molecule has 2 atom stereocenters. The highest BCUT2D eigenvalue weighted by atomic mass is 16.5. The number of carbonyl (C=O) groups is 2. The molecule has 23 heavy (non-hydrogen) atoms. The molecule has 0 unspecified atom stereocenters. The smallest absolute Gasteiger partial charge is 0.315 e. The monoisotopic (exact) mass is 319 g/mol.